The summed E-state index contributed by atoms with van der Waals surface area (Å²) in [5.41, 5.74) is 3.99. The van der Waals surface area contributed by atoms with Crippen LogP contribution in [0.1, 0.15) is 66.7 Å². The monoisotopic (exact) mass is 556 g/mol. The third-order valence-corrected chi connectivity index (χ3v) is 8.70. The largest absolute Gasteiger partial charge is 0.632 e. The lowest BCUT2D eigenvalue weighted by Crippen LogP contribution is -2.65. The molecule has 0 saturated carbocycles. The molecule has 2 aliphatic heterocycles. The highest BCUT2D eigenvalue weighted by Gasteiger charge is 2.47. The highest BCUT2D eigenvalue weighted by molar-refractivity contribution is 9.10. The van der Waals surface area contributed by atoms with Crippen molar-refractivity contribution in [3.8, 4) is 0 Å². The van der Waals surface area contributed by atoms with Gasteiger partial charge in [0.25, 0.3) is 5.91 Å². The number of halogens is 1. The van der Waals surface area contributed by atoms with Crippen molar-refractivity contribution in [3.63, 3.8) is 0 Å². The van der Waals surface area contributed by atoms with E-state index in [-0.39, 0.29) is 16.5 Å². The number of aryl methyl sites for hydroxylation is 2. The minimum atomic E-state index is -0.393. The zero-order chi connectivity index (χ0) is 25.9. The minimum Gasteiger partial charge on any atom is -0.632 e. The second-order valence-electron chi connectivity index (χ2n) is 10.4. The Bertz CT molecular complexity index is 1080. The summed E-state index contributed by atoms with van der Waals surface area (Å²) in [7, 11) is 0. The number of quaternary nitrogens is 1. The molecule has 0 aliphatic carbocycles. The predicted octanol–water partition coefficient (Wildman–Crippen LogP) is 5.62. The first-order valence-corrected chi connectivity index (χ1v) is 13.7. The maximum Gasteiger partial charge on any atom is 0.255 e. The molecule has 0 bridgehead atoms. The molecule has 0 atom stereocenters. The van der Waals surface area contributed by atoms with E-state index < -0.39 is 5.54 Å². The Labute approximate surface area is 222 Å². The van der Waals surface area contributed by atoms with Gasteiger partial charge in [0.15, 0.2) is 0 Å². The van der Waals surface area contributed by atoms with Crippen molar-refractivity contribution in [2.75, 3.05) is 32.8 Å². The van der Waals surface area contributed by atoms with Crippen LogP contribution in [0.2, 0.25) is 0 Å². The molecule has 2 fully saturated rings. The Morgan fingerprint density at radius 1 is 1.19 bits per heavy atom. The van der Waals surface area contributed by atoms with E-state index in [2.05, 4.69) is 45.1 Å². The van der Waals surface area contributed by atoms with Crippen molar-refractivity contribution in [3.05, 3.63) is 68.6 Å². The molecule has 0 radical (unpaired) electrons. The molecule has 4 rings (SSSR count). The number of likely N-dealkylation sites (tertiary alicyclic amines) is 2. The first kappa shape index (κ1) is 26.8. The van der Waals surface area contributed by atoms with E-state index >= 15 is 0 Å². The molecule has 1 amide bonds. The number of piperidine rings is 2. The lowest BCUT2D eigenvalue weighted by molar-refractivity contribution is -0.937. The number of oxime groups is 1. The third kappa shape index (κ3) is 5.36. The van der Waals surface area contributed by atoms with Crippen molar-refractivity contribution in [1.29, 1.82) is 0 Å². The Morgan fingerprint density at radius 3 is 2.42 bits per heavy atom. The van der Waals surface area contributed by atoms with E-state index in [1.807, 2.05) is 43.9 Å². The van der Waals surface area contributed by atoms with Gasteiger partial charge in [-0.2, -0.15) is 0 Å². The van der Waals surface area contributed by atoms with Gasteiger partial charge >= 0.3 is 0 Å². The fourth-order valence-electron chi connectivity index (χ4n) is 5.69. The number of aromatic nitrogens is 1. The van der Waals surface area contributed by atoms with Gasteiger partial charge in [-0.25, -0.2) is 0 Å². The maximum absolute atomic E-state index is 14.2. The van der Waals surface area contributed by atoms with Crippen LogP contribution in [0.5, 0.6) is 0 Å². The number of carbonyl (C=O) groups excluding carboxylic acids is 1. The first-order chi connectivity index (χ1) is 17.2. The van der Waals surface area contributed by atoms with Crippen LogP contribution < -0.4 is 0 Å². The fourth-order valence-corrected chi connectivity index (χ4v) is 5.95. The van der Waals surface area contributed by atoms with Crippen LogP contribution >= 0.6 is 15.9 Å². The number of hydroxylamine groups is 3. The molecular formula is C28H37BrN4O3. The summed E-state index contributed by atoms with van der Waals surface area (Å²) in [5.74, 6) is 0.224. The zero-order valence-corrected chi connectivity index (χ0v) is 23.4. The van der Waals surface area contributed by atoms with E-state index in [0.29, 0.717) is 51.2 Å². The molecule has 8 heteroatoms. The predicted molar refractivity (Wildman–Crippen MR) is 146 cm³/mol. The Morgan fingerprint density at radius 2 is 1.83 bits per heavy atom. The van der Waals surface area contributed by atoms with E-state index in [9.17, 15) is 10.0 Å². The van der Waals surface area contributed by atoms with Crippen molar-refractivity contribution in [1.82, 2.24) is 9.88 Å². The van der Waals surface area contributed by atoms with Crippen LogP contribution in [0.3, 0.4) is 0 Å². The molecule has 0 spiro atoms. The van der Waals surface area contributed by atoms with Gasteiger partial charge in [0.2, 0.25) is 0 Å². The lowest BCUT2D eigenvalue weighted by atomic mass is 9.81. The lowest BCUT2D eigenvalue weighted by Gasteiger charge is -2.60. The van der Waals surface area contributed by atoms with Crippen LogP contribution in [-0.2, 0) is 4.84 Å². The van der Waals surface area contributed by atoms with Crippen molar-refractivity contribution < 1.29 is 14.3 Å². The number of hydrogen-bond donors (Lipinski definition) is 0. The number of rotatable bonds is 6. The molecule has 1 aromatic carbocycles. The topological polar surface area (TPSA) is 77.9 Å². The average molecular weight is 558 g/mol. The Kier molecular flexibility index (Phi) is 8.17. The van der Waals surface area contributed by atoms with Gasteiger partial charge in [-0.15, -0.1) is 0 Å². The average Bonchev–Trinajstić information content (AvgIpc) is 2.86. The second-order valence-corrected chi connectivity index (χ2v) is 11.3. The van der Waals surface area contributed by atoms with E-state index in [4.69, 9.17) is 4.84 Å². The Balaban J connectivity index is 1.42. The summed E-state index contributed by atoms with van der Waals surface area (Å²) in [6.07, 6.45) is 4.70. The number of hydrogen-bond acceptors (Lipinski definition) is 5. The van der Waals surface area contributed by atoms with E-state index in [1.54, 1.807) is 6.20 Å². The SMILES string of the molecule is CCO/N=C(\c1ccc(Br)cc1)C1CC[N+]([O-])(C2(C)CCN(C(=O)c3c(C)ccnc3C)CC2)CC1. The second kappa shape index (κ2) is 11.0. The summed E-state index contributed by atoms with van der Waals surface area (Å²) in [4.78, 5) is 24.9. The quantitative estimate of drug-likeness (QED) is 0.200. The normalized spacial score (nSPS) is 24.4. The fraction of sp³-hybridized carbons (Fsp3) is 0.536. The molecule has 36 heavy (non-hydrogen) atoms. The van der Waals surface area contributed by atoms with Gasteiger partial charge in [0.1, 0.15) is 6.61 Å². The molecule has 0 N–H and O–H groups in total. The Hall–Kier alpha value is -2.29. The van der Waals surface area contributed by atoms with Crippen molar-refractivity contribution in [2.24, 2.45) is 11.1 Å². The third-order valence-electron chi connectivity index (χ3n) is 8.17. The summed E-state index contributed by atoms with van der Waals surface area (Å²) in [6.45, 7) is 10.7. The number of carbonyl (C=O) groups is 1. The van der Waals surface area contributed by atoms with Crippen molar-refractivity contribution in [2.45, 2.75) is 58.9 Å². The minimum absolute atomic E-state index is 0.0302. The first-order valence-electron chi connectivity index (χ1n) is 12.9. The number of nitrogens with zero attached hydrogens (tertiary/aromatic N) is 4. The standard InChI is InChI=1S/C28H37BrN4O3/c1-5-36-31-26(22-6-8-24(29)9-7-22)23-11-18-33(35,19-12-23)28(4)13-16-32(17-14-28)27(34)25-20(2)10-15-30-21(25)3/h6-10,15,23H,5,11-14,16-19H2,1-4H3/b31-26+. The number of benzene rings is 1. The van der Waals surface area contributed by atoms with Crippen LogP contribution in [0.4, 0.5) is 0 Å². The van der Waals surface area contributed by atoms with Gasteiger partial charge in [-0.3, -0.25) is 9.78 Å². The van der Waals surface area contributed by atoms with Gasteiger partial charge < -0.3 is 19.6 Å². The summed E-state index contributed by atoms with van der Waals surface area (Å²) in [5, 5.41) is 18.6. The molecule has 194 valence electrons. The molecule has 7 nitrogen and oxygen atoms in total. The van der Waals surface area contributed by atoms with Gasteiger partial charge in [-0.05, 0) is 57.0 Å². The highest BCUT2D eigenvalue weighted by Crippen LogP contribution is 2.40. The van der Waals surface area contributed by atoms with Crippen LogP contribution in [-0.4, -0.2) is 64.5 Å². The molecule has 2 aromatic rings. The van der Waals surface area contributed by atoms with Gasteiger partial charge in [0.05, 0.1) is 35.6 Å². The van der Waals surface area contributed by atoms with Crippen molar-refractivity contribution >= 4 is 27.5 Å². The van der Waals surface area contributed by atoms with Gasteiger partial charge in [0, 0.05) is 55.4 Å². The highest BCUT2D eigenvalue weighted by atomic mass is 79.9. The van der Waals surface area contributed by atoms with E-state index in [1.165, 1.54) is 0 Å². The number of pyridine rings is 1. The van der Waals surface area contributed by atoms with Gasteiger partial charge in [-0.1, -0.05) is 33.2 Å². The molecular weight excluding hydrogens is 520 g/mol. The maximum atomic E-state index is 14.2. The molecule has 1 aromatic heterocycles. The number of amides is 1. The summed E-state index contributed by atoms with van der Waals surface area (Å²) in [6, 6.07) is 10.0. The van der Waals surface area contributed by atoms with E-state index in [0.717, 1.165) is 39.8 Å². The molecule has 3 heterocycles. The molecule has 0 unspecified atom stereocenters. The zero-order valence-electron chi connectivity index (χ0n) is 21.8. The van der Waals surface area contributed by atoms with Crippen LogP contribution in [0.15, 0.2) is 46.2 Å². The van der Waals surface area contributed by atoms with Crippen LogP contribution in [0.25, 0.3) is 0 Å². The molecule has 2 aliphatic rings. The summed E-state index contributed by atoms with van der Waals surface area (Å²) < 4.78 is 0.825. The molecule has 2 saturated heterocycles. The smallest absolute Gasteiger partial charge is 0.255 e. The van der Waals surface area contributed by atoms with Crippen LogP contribution in [0, 0.1) is 25.0 Å². The summed E-state index contributed by atoms with van der Waals surface area (Å²) >= 11 is 3.50.